The summed E-state index contributed by atoms with van der Waals surface area (Å²) in [6.45, 7) is 4.72. The van der Waals surface area contributed by atoms with Gasteiger partial charge in [0.1, 0.15) is 0 Å². The Balaban J connectivity index is 2.40. The molecule has 1 rings (SSSR count). The first-order chi connectivity index (χ1) is 5.60. The summed E-state index contributed by atoms with van der Waals surface area (Å²) in [6, 6.07) is 0. The molecule has 0 aromatic heterocycles. The maximum Gasteiger partial charge on any atom is 0.256 e. The van der Waals surface area contributed by atoms with E-state index in [0.717, 1.165) is 6.42 Å². The maximum absolute atomic E-state index is 12.6. The second-order valence-corrected chi connectivity index (χ2v) is 3.90. The van der Waals surface area contributed by atoms with Gasteiger partial charge in [0.05, 0.1) is 5.54 Å². The van der Waals surface area contributed by atoms with Crippen molar-refractivity contribution in [3.8, 4) is 0 Å². The SMILES string of the molecule is CCCNC1(C(F)F)CC(C)C1. The van der Waals surface area contributed by atoms with Crippen LogP contribution < -0.4 is 5.32 Å². The molecule has 0 amide bonds. The van der Waals surface area contributed by atoms with Gasteiger partial charge in [-0.3, -0.25) is 0 Å². The van der Waals surface area contributed by atoms with Gasteiger partial charge >= 0.3 is 0 Å². The molecule has 0 saturated heterocycles. The summed E-state index contributed by atoms with van der Waals surface area (Å²) in [4.78, 5) is 0. The smallest absolute Gasteiger partial charge is 0.256 e. The van der Waals surface area contributed by atoms with E-state index in [1.165, 1.54) is 0 Å². The van der Waals surface area contributed by atoms with Gasteiger partial charge in [-0.05, 0) is 31.7 Å². The molecule has 1 nitrogen and oxygen atoms in total. The largest absolute Gasteiger partial charge is 0.306 e. The average Bonchev–Trinajstić information content (AvgIpc) is 1.95. The van der Waals surface area contributed by atoms with Gasteiger partial charge in [-0.25, -0.2) is 8.78 Å². The van der Waals surface area contributed by atoms with Crippen LogP contribution in [0.25, 0.3) is 0 Å². The Bertz CT molecular complexity index is 141. The quantitative estimate of drug-likeness (QED) is 0.695. The molecule has 1 aliphatic rings. The van der Waals surface area contributed by atoms with Crippen LogP contribution in [0.1, 0.15) is 33.1 Å². The molecule has 1 saturated carbocycles. The molecular formula is C9H17F2N. The molecule has 0 heterocycles. The van der Waals surface area contributed by atoms with Gasteiger partial charge in [0.2, 0.25) is 0 Å². The number of rotatable bonds is 4. The van der Waals surface area contributed by atoms with Crippen molar-refractivity contribution < 1.29 is 8.78 Å². The highest BCUT2D eigenvalue weighted by Gasteiger charge is 2.48. The number of hydrogen-bond acceptors (Lipinski definition) is 1. The van der Waals surface area contributed by atoms with Crippen LogP contribution in [0.2, 0.25) is 0 Å². The first-order valence-electron chi connectivity index (χ1n) is 4.64. The van der Waals surface area contributed by atoms with Gasteiger partial charge < -0.3 is 5.32 Å². The maximum atomic E-state index is 12.6. The van der Waals surface area contributed by atoms with Crippen LogP contribution >= 0.6 is 0 Å². The fourth-order valence-corrected chi connectivity index (χ4v) is 1.96. The van der Waals surface area contributed by atoms with E-state index >= 15 is 0 Å². The fraction of sp³-hybridized carbons (Fsp3) is 1.00. The summed E-state index contributed by atoms with van der Waals surface area (Å²) in [5.74, 6) is 0.461. The van der Waals surface area contributed by atoms with E-state index in [9.17, 15) is 8.78 Å². The Hall–Kier alpha value is -0.180. The van der Waals surface area contributed by atoms with E-state index in [-0.39, 0.29) is 0 Å². The Morgan fingerprint density at radius 2 is 2.08 bits per heavy atom. The van der Waals surface area contributed by atoms with E-state index in [0.29, 0.717) is 25.3 Å². The third-order valence-electron chi connectivity index (χ3n) is 2.57. The Morgan fingerprint density at radius 1 is 1.50 bits per heavy atom. The lowest BCUT2D eigenvalue weighted by atomic mass is 9.69. The van der Waals surface area contributed by atoms with Gasteiger partial charge in [0.25, 0.3) is 6.43 Å². The molecule has 0 unspecified atom stereocenters. The highest BCUT2D eigenvalue weighted by Crippen LogP contribution is 2.41. The molecule has 72 valence electrons. The highest BCUT2D eigenvalue weighted by atomic mass is 19.3. The lowest BCUT2D eigenvalue weighted by molar-refractivity contribution is -0.0441. The van der Waals surface area contributed by atoms with Crippen molar-refractivity contribution >= 4 is 0 Å². The van der Waals surface area contributed by atoms with Gasteiger partial charge in [-0.15, -0.1) is 0 Å². The van der Waals surface area contributed by atoms with Gasteiger partial charge in [0, 0.05) is 0 Å². The van der Waals surface area contributed by atoms with Crippen LogP contribution in [0, 0.1) is 5.92 Å². The van der Waals surface area contributed by atoms with Crippen molar-refractivity contribution in [2.24, 2.45) is 5.92 Å². The molecule has 1 N–H and O–H groups in total. The van der Waals surface area contributed by atoms with Crippen LogP contribution in [0.4, 0.5) is 8.78 Å². The summed E-state index contributed by atoms with van der Waals surface area (Å²) in [5, 5.41) is 2.96. The Kier molecular flexibility index (Phi) is 3.04. The second-order valence-electron chi connectivity index (χ2n) is 3.90. The first kappa shape index (κ1) is 9.90. The van der Waals surface area contributed by atoms with E-state index in [2.05, 4.69) is 5.32 Å². The third kappa shape index (κ3) is 1.76. The summed E-state index contributed by atoms with van der Waals surface area (Å²) >= 11 is 0. The molecule has 3 heteroatoms. The molecular weight excluding hydrogens is 160 g/mol. The molecule has 1 fully saturated rings. The van der Waals surface area contributed by atoms with Crippen molar-refractivity contribution in [2.75, 3.05) is 6.54 Å². The van der Waals surface area contributed by atoms with Crippen molar-refractivity contribution in [1.29, 1.82) is 0 Å². The van der Waals surface area contributed by atoms with Crippen LogP contribution in [-0.4, -0.2) is 18.5 Å². The molecule has 0 aliphatic heterocycles. The summed E-state index contributed by atoms with van der Waals surface area (Å²) < 4.78 is 25.1. The van der Waals surface area contributed by atoms with Crippen molar-refractivity contribution in [3.63, 3.8) is 0 Å². The van der Waals surface area contributed by atoms with Crippen molar-refractivity contribution in [1.82, 2.24) is 5.32 Å². The van der Waals surface area contributed by atoms with Gasteiger partial charge in [-0.2, -0.15) is 0 Å². The lowest BCUT2D eigenvalue weighted by Crippen LogP contribution is -2.59. The van der Waals surface area contributed by atoms with Gasteiger partial charge in [0.15, 0.2) is 0 Å². The van der Waals surface area contributed by atoms with Crippen LogP contribution in [0.5, 0.6) is 0 Å². The number of alkyl halides is 2. The molecule has 0 aromatic carbocycles. The normalized spacial score (nSPS) is 35.2. The predicted molar refractivity (Wildman–Crippen MR) is 45.4 cm³/mol. The monoisotopic (exact) mass is 177 g/mol. The van der Waals surface area contributed by atoms with Crippen molar-refractivity contribution in [2.45, 2.75) is 45.1 Å². The fourth-order valence-electron chi connectivity index (χ4n) is 1.96. The molecule has 0 atom stereocenters. The van der Waals surface area contributed by atoms with E-state index in [1.807, 2.05) is 13.8 Å². The molecule has 0 aromatic rings. The van der Waals surface area contributed by atoms with Crippen molar-refractivity contribution in [3.05, 3.63) is 0 Å². The standard InChI is InChI=1S/C9H17F2N/c1-3-4-12-9(8(10)11)5-7(2)6-9/h7-8,12H,3-6H2,1-2H3. The molecule has 12 heavy (non-hydrogen) atoms. The highest BCUT2D eigenvalue weighted by molar-refractivity contribution is 5.01. The number of halogens is 2. The zero-order valence-electron chi connectivity index (χ0n) is 7.74. The summed E-state index contributed by atoms with van der Waals surface area (Å²) in [6.07, 6.45) is -0.0293. The molecule has 0 spiro atoms. The van der Waals surface area contributed by atoms with Crippen LogP contribution in [0.3, 0.4) is 0 Å². The molecule has 1 aliphatic carbocycles. The number of hydrogen-bond donors (Lipinski definition) is 1. The molecule has 0 bridgehead atoms. The van der Waals surface area contributed by atoms with E-state index in [1.54, 1.807) is 0 Å². The topological polar surface area (TPSA) is 12.0 Å². The van der Waals surface area contributed by atoms with Gasteiger partial charge in [-0.1, -0.05) is 13.8 Å². The summed E-state index contributed by atoms with van der Waals surface area (Å²) in [7, 11) is 0. The Morgan fingerprint density at radius 3 is 2.42 bits per heavy atom. The number of nitrogens with one attached hydrogen (secondary N) is 1. The minimum Gasteiger partial charge on any atom is -0.306 e. The third-order valence-corrected chi connectivity index (χ3v) is 2.57. The van der Waals surface area contributed by atoms with Crippen LogP contribution in [0.15, 0.2) is 0 Å². The predicted octanol–water partition coefficient (Wildman–Crippen LogP) is 2.42. The minimum absolute atomic E-state index is 0.461. The second kappa shape index (κ2) is 3.69. The van der Waals surface area contributed by atoms with E-state index < -0.39 is 12.0 Å². The van der Waals surface area contributed by atoms with E-state index in [4.69, 9.17) is 0 Å². The zero-order valence-corrected chi connectivity index (χ0v) is 7.74. The van der Waals surface area contributed by atoms with Crippen LogP contribution in [-0.2, 0) is 0 Å². The lowest BCUT2D eigenvalue weighted by Gasteiger charge is -2.46. The zero-order chi connectivity index (χ0) is 9.19. The Labute approximate surface area is 72.5 Å². The molecule has 0 radical (unpaired) electrons. The minimum atomic E-state index is -2.21. The first-order valence-corrected chi connectivity index (χ1v) is 4.64. The summed E-state index contributed by atoms with van der Waals surface area (Å²) in [5.41, 5.74) is -0.838. The average molecular weight is 177 g/mol.